The lowest BCUT2D eigenvalue weighted by molar-refractivity contribution is -0.121. The van der Waals surface area contributed by atoms with Gasteiger partial charge in [0.2, 0.25) is 5.91 Å². The van der Waals surface area contributed by atoms with Crippen LogP contribution in [0.1, 0.15) is 41.0 Å². The van der Waals surface area contributed by atoms with Gasteiger partial charge >= 0.3 is 0 Å². The molecule has 4 nitrogen and oxygen atoms in total. The first-order valence-electron chi connectivity index (χ1n) is 6.23. The van der Waals surface area contributed by atoms with Crippen molar-refractivity contribution in [2.24, 2.45) is 0 Å². The summed E-state index contributed by atoms with van der Waals surface area (Å²) in [5.74, 6) is 0.0689. The average molecular weight is 233 g/mol. The topological polar surface area (TPSA) is 47.6 Å². The van der Waals surface area contributed by atoms with Crippen molar-refractivity contribution in [2.75, 3.05) is 33.0 Å². The van der Waals surface area contributed by atoms with E-state index in [-0.39, 0.29) is 7.33 Å². The Balaban J connectivity index is 0. The number of hydrogen-bond donors (Lipinski definition) is 1. The van der Waals surface area contributed by atoms with Gasteiger partial charge in [0.1, 0.15) is 0 Å². The lowest BCUT2D eigenvalue weighted by atomic mass is 10.3. The highest BCUT2D eigenvalue weighted by atomic mass is 16.5. The molecule has 1 amide bonds. The summed E-state index contributed by atoms with van der Waals surface area (Å²) in [7, 11) is 0. The molecule has 0 heterocycles. The molecule has 0 saturated carbocycles. The molecule has 0 saturated heterocycles. The highest BCUT2D eigenvalue weighted by Crippen LogP contribution is 1.93. The summed E-state index contributed by atoms with van der Waals surface area (Å²) in [5.41, 5.74) is 0. The maximum atomic E-state index is 10.9. The highest BCUT2D eigenvalue weighted by Gasteiger charge is 1.95. The number of carbonyl (C=O) groups excluding carboxylic acids is 1. The third-order valence-corrected chi connectivity index (χ3v) is 2.15. The van der Waals surface area contributed by atoms with Crippen LogP contribution in [-0.4, -0.2) is 38.9 Å². The molecular weight excluding hydrogens is 206 g/mol. The minimum absolute atomic E-state index is 0. The first kappa shape index (κ1) is 15.4. The van der Waals surface area contributed by atoms with Crippen LogP contribution in [0, 0.1) is 0 Å². The van der Waals surface area contributed by atoms with Crippen LogP contribution >= 0.6 is 0 Å². The van der Waals surface area contributed by atoms with Crippen molar-refractivity contribution in [3.63, 3.8) is 0 Å². The molecule has 98 valence electrons. The molecule has 0 aliphatic heterocycles. The molecule has 0 spiro atoms. The van der Waals surface area contributed by atoms with Crippen molar-refractivity contribution >= 4 is 5.91 Å². The minimum atomic E-state index is 0. The Morgan fingerprint density at radius 1 is 1.06 bits per heavy atom. The third kappa shape index (κ3) is 11.5. The van der Waals surface area contributed by atoms with Gasteiger partial charge in [-0.2, -0.15) is 0 Å². The van der Waals surface area contributed by atoms with Crippen LogP contribution < -0.4 is 5.32 Å². The summed E-state index contributed by atoms with van der Waals surface area (Å²) in [6.07, 6.45) is 4.10. The van der Waals surface area contributed by atoms with Gasteiger partial charge in [-0.3, -0.25) is 4.79 Å². The van der Waals surface area contributed by atoms with Crippen molar-refractivity contribution < 1.29 is 15.7 Å². The quantitative estimate of drug-likeness (QED) is 0.555. The van der Waals surface area contributed by atoms with E-state index in [0.717, 1.165) is 13.0 Å². The Labute approximate surface area is 100 Å². The van der Waals surface area contributed by atoms with E-state index >= 15 is 0 Å². The minimum Gasteiger partial charge on any atom is -0.379 e. The van der Waals surface area contributed by atoms with Gasteiger partial charge in [-0.15, -0.1) is 0 Å². The summed E-state index contributed by atoms with van der Waals surface area (Å²) in [6.45, 7) is 7.23. The fraction of sp³-hybridized carbons (Fsp3) is 0.917. The van der Waals surface area contributed by atoms with Crippen molar-refractivity contribution in [1.29, 1.82) is 0 Å². The first-order chi connectivity index (χ1) is 7.81. The molecule has 1 N–H and O–H groups in total. The van der Waals surface area contributed by atoms with E-state index in [0.29, 0.717) is 32.8 Å². The predicted octanol–water partition coefficient (Wildman–Crippen LogP) is 1.98. The number of unbranched alkanes of at least 4 members (excludes halogenated alkanes) is 2. The van der Waals surface area contributed by atoms with Crippen LogP contribution in [0.4, 0.5) is 0 Å². The Morgan fingerprint density at radius 2 is 1.75 bits per heavy atom. The van der Waals surface area contributed by atoms with E-state index in [2.05, 4.69) is 12.2 Å². The van der Waals surface area contributed by atoms with Gasteiger partial charge in [-0.05, 0) is 6.42 Å². The van der Waals surface area contributed by atoms with E-state index in [4.69, 9.17) is 9.47 Å². The number of rotatable bonds is 11. The molecule has 0 aromatic heterocycles. The van der Waals surface area contributed by atoms with E-state index in [1.54, 1.807) is 0 Å². The Bertz CT molecular complexity index is 168. The lowest BCUT2D eigenvalue weighted by Crippen LogP contribution is -2.26. The molecule has 0 rings (SSSR count). The molecule has 4 heteroatoms. The number of amides is 1. The molecule has 0 aliphatic rings. The van der Waals surface area contributed by atoms with E-state index in [1.807, 2.05) is 6.92 Å². The summed E-state index contributed by atoms with van der Waals surface area (Å²) in [5, 5.41) is 2.75. The number of carbonyl (C=O) groups is 1. The largest absolute Gasteiger partial charge is 0.379 e. The maximum Gasteiger partial charge on any atom is 0.219 e. The second-order valence-electron chi connectivity index (χ2n) is 3.64. The molecule has 0 unspecified atom stereocenters. The van der Waals surface area contributed by atoms with Gasteiger partial charge in [0.15, 0.2) is 0 Å². The van der Waals surface area contributed by atoms with E-state index in [1.165, 1.54) is 12.8 Å². The molecule has 0 fully saturated rings. The number of hydrogen-bond acceptors (Lipinski definition) is 3. The van der Waals surface area contributed by atoms with E-state index < -0.39 is 0 Å². The summed E-state index contributed by atoms with van der Waals surface area (Å²) >= 11 is 0. The summed E-state index contributed by atoms with van der Waals surface area (Å²) in [6, 6.07) is 0. The number of ether oxygens (including phenoxy) is 2. The fourth-order valence-electron chi connectivity index (χ4n) is 1.16. The lowest BCUT2D eigenvalue weighted by Gasteiger charge is -2.06. The van der Waals surface area contributed by atoms with Gasteiger partial charge < -0.3 is 14.8 Å². The van der Waals surface area contributed by atoms with Crippen molar-refractivity contribution in [3.05, 3.63) is 0 Å². The summed E-state index contributed by atoms with van der Waals surface area (Å²) < 4.78 is 10.7. The van der Waals surface area contributed by atoms with Crippen LogP contribution in [0.5, 0.6) is 0 Å². The van der Waals surface area contributed by atoms with Crippen LogP contribution in [0.2, 0.25) is 0 Å². The fourth-order valence-corrected chi connectivity index (χ4v) is 1.16. The molecule has 0 aromatic rings. The Morgan fingerprint density at radius 3 is 2.38 bits per heavy atom. The number of nitrogens with one attached hydrogen (secondary N) is 1. The zero-order valence-electron chi connectivity index (χ0n) is 10.6. The van der Waals surface area contributed by atoms with Gasteiger partial charge in [0.25, 0.3) is 0 Å². The van der Waals surface area contributed by atoms with Crippen molar-refractivity contribution in [1.82, 2.24) is 5.32 Å². The zero-order valence-corrected chi connectivity index (χ0v) is 10.6. The smallest absolute Gasteiger partial charge is 0.219 e. The van der Waals surface area contributed by atoms with Crippen LogP contribution in [0.25, 0.3) is 0 Å². The molecule has 16 heavy (non-hydrogen) atoms. The van der Waals surface area contributed by atoms with Gasteiger partial charge in [0, 0.05) is 21.0 Å². The molecule has 0 radical (unpaired) electrons. The van der Waals surface area contributed by atoms with Crippen LogP contribution in [0.3, 0.4) is 0 Å². The SMILES string of the molecule is CCCCCOCCOCCNC(=O)CC.[HH]. The zero-order chi connectivity index (χ0) is 12.1. The van der Waals surface area contributed by atoms with Crippen molar-refractivity contribution in [2.45, 2.75) is 39.5 Å². The standard InChI is InChI=1S/C12H25NO3.H2/c1-3-5-6-8-15-10-11-16-9-7-13-12(14)4-2;/h3-11H2,1-2H3,(H,13,14);1H. The highest BCUT2D eigenvalue weighted by molar-refractivity contribution is 5.75. The first-order valence-corrected chi connectivity index (χ1v) is 6.23. The Kier molecular flexibility index (Phi) is 12.0. The molecule has 0 atom stereocenters. The predicted molar refractivity (Wildman–Crippen MR) is 66.6 cm³/mol. The van der Waals surface area contributed by atoms with Gasteiger partial charge in [0.05, 0.1) is 19.8 Å². The molecule has 0 aliphatic carbocycles. The van der Waals surface area contributed by atoms with Crippen LogP contribution in [0.15, 0.2) is 0 Å². The van der Waals surface area contributed by atoms with Crippen LogP contribution in [-0.2, 0) is 14.3 Å². The molecule has 0 aromatic carbocycles. The third-order valence-electron chi connectivity index (χ3n) is 2.15. The van der Waals surface area contributed by atoms with Crippen molar-refractivity contribution in [3.8, 4) is 0 Å². The normalized spacial score (nSPS) is 10.4. The molecular formula is C12H27NO3. The summed E-state index contributed by atoms with van der Waals surface area (Å²) in [4.78, 5) is 10.9. The average Bonchev–Trinajstić information content (AvgIpc) is 2.31. The second kappa shape index (κ2) is 12.5. The monoisotopic (exact) mass is 233 g/mol. The van der Waals surface area contributed by atoms with Gasteiger partial charge in [-0.1, -0.05) is 26.7 Å². The second-order valence-corrected chi connectivity index (χ2v) is 3.64. The van der Waals surface area contributed by atoms with Gasteiger partial charge in [-0.25, -0.2) is 0 Å². The molecule has 0 bridgehead atoms. The maximum absolute atomic E-state index is 10.9. The van der Waals surface area contributed by atoms with E-state index in [9.17, 15) is 4.79 Å². The Hall–Kier alpha value is -0.610.